The van der Waals surface area contributed by atoms with Gasteiger partial charge >= 0.3 is 0 Å². The zero-order valence-electron chi connectivity index (χ0n) is 14.8. The van der Waals surface area contributed by atoms with Crippen LogP contribution >= 0.6 is 11.3 Å². The van der Waals surface area contributed by atoms with E-state index >= 15 is 0 Å². The molecule has 1 amide bonds. The summed E-state index contributed by atoms with van der Waals surface area (Å²) in [6.07, 6.45) is 1.24. The summed E-state index contributed by atoms with van der Waals surface area (Å²) in [4.78, 5) is 29.3. The molecule has 1 aliphatic rings. The molecule has 1 aliphatic heterocycles. The van der Waals surface area contributed by atoms with Crippen LogP contribution in [0.2, 0.25) is 0 Å². The number of anilines is 2. The molecule has 0 aliphatic carbocycles. The zero-order valence-corrected chi connectivity index (χ0v) is 15.6. The number of para-hydroxylation sites is 1. The first-order valence-corrected chi connectivity index (χ1v) is 9.68. The molecular formula is C19H17FN4O3S. The smallest absolute Gasteiger partial charge is 0.270 e. The number of nitrogens with one attached hydrogen (secondary N) is 1. The number of fused-ring (bicyclic) bond motifs is 1. The van der Waals surface area contributed by atoms with Crippen LogP contribution in [0.15, 0.2) is 42.5 Å². The highest BCUT2D eigenvalue weighted by molar-refractivity contribution is 7.22. The van der Waals surface area contributed by atoms with Crippen LogP contribution < -0.4 is 10.2 Å². The molecule has 0 unspecified atom stereocenters. The fourth-order valence-corrected chi connectivity index (χ4v) is 4.28. The normalized spacial score (nSPS) is 15.0. The molecule has 1 N–H and O–H groups in total. The van der Waals surface area contributed by atoms with Gasteiger partial charge in [-0.1, -0.05) is 23.5 Å². The van der Waals surface area contributed by atoms with Crippen molar-refractivity contribution >= 4 is 44.0 Å². The summed E-state index contributed by atoms with van der Waals surface area (Å²) >= 11 is 1.21. The maximum Gasteiger partial charge on any atom is 0.270 e. The van der Waals surface area contributed by atoms with Crippen molar-refractivity contribution in [3.05, 3.63) is 58.4 Å². The number of nitro benzene ring substituents is 1. The number of nitro groups is 1. The largest absolute Gasteiger partial charge is 0.369 e. The lowest BCUT2D eigenvalue weighted by Crippen LogP contribution is -2.38. The van der Waals surface area contributed by atoms with Crippen LogP contribution in [0.1, 0.15) is 12.8 Å². The van der Waals surface area contributed by atoms with E-state index in [4.69, 9.17) is 0 Å². The predicted molar refractivity (Wildman–Crippen MR) is 106 cm³/mol. The van der Waals surface area contributed by atoms with Crippen LogP contribution in [-0.4, -0.2) is 28.9 Å². The van der Waals surface area contributed by atoms with Crippen LogP contribution in [-0.2, 0) is 4.79 Å². The molecule has 28 heavy (non-hydrogen) atoms. The van der Waals surface area contributed by atoms with Crippen molar-refractivity contribution < 1.29 is 14.1 Å². The Hall–Kier alpha value is -3.07. The highest BCUT2D eigenvalue weighted by atomic mass is 32.1. The number of nitrogens with zero attached hydrogens (tertiary/aromatic N) is 3. The van der Waals surface area contributed by atoms with E-state index in [0.717, 1.165) is 0 Å². The summed E-state index contributed by atoms with van der Waals surface area (Å²) in [5.74, 6) is -0.555. The number of halogens is 1. The average Bonchev–Trinajstić information content (AvgIpc) is 3.09. The second kappa shape index (κ2) is 7.51. The fourth-order valence-electron chi connectivity index (χ4n) is 3.38. The molecule has 1 saturated heterocycles. The molecule has 4 rings (SSSR count). The third-order valence-electron chi connectivity index (χ3n) is 4.87. The summed E-state index contributed by atoms with van der Waals surface area (Å²) in [6.45, 7) is 1.20. The van der Waals surface area contributed by atoms with Gasteiger partial charge < -0.3 is 10.2 Å². The number of hydrogen-bond acceptors (Lipinski definition) is 6. The number of non-ortho nitro benzene ring substituents is 1. The van der Waals surface area contributed by atoms with Gasteiger partial charge in [0.15, 0.2) is 5.13 Å². The van der Waals surface area contributed by atoms with E-state index in [1.54, 1.807) is 24.3 Å². The summed E-state index contributed by atoms with van der Waals surface area (Å²) in [5.41, 5.74) is 1.17. The van der Waals surface area contributed by atoms with E-state index in [1.165, 1.54) is 29.5 Å². The van der Waals surface area contributed by atoms with Gasteiger partial charge in [-0.3, -0.25) is 14.9 Å². The van der Waals surface area contributed by atoms with E-state index in [1.807, 2.05) is 4.90 Å². The number of hydrogen-bond donors (Lipinski definition) is 1. The van der Waals surface area contributed by atoms with Crippen molar-refractivity contribution in [2.24, 2.45) is 5.92 Å². The Kier molecular flexibility index (Phi) is 4.91. The maximum atomic E-state index is 13.9. The van der Waals surface area contributed by atoms with Crippen molar-refractivity contribution in [3.63, 3.8) is 0 Å². The van der Waals surface area contributed by atoms with Gasteiger partial charge in [0.1, 0.15) is 5.82 Å². The van der Waals surface area contributed by atoms with Crippen LogP contribution in [0, 0.1) is 21.8 Å². The quantitative estimate of drug-likeness (QED) is 0.524. The van der Waals surface area contributed by atoms with Crippen LogP contribution in [0.5, 0.6) is 0 Å². The van der Waals surface area contributed by atoms with Crippen molar-refractivity contribution in [1.29, 1.82) is 0 Å². The molecule has 9 heteroatoms. The van der Waals surface area contributed by atoms with Crippen molar-refractivity contribution in [1.82, 2.24) is 4.98 Å². The van der Waals surface area contributed by atoms with E-state index in [-0.39, 0.29) is 23.3 Å². The number of benzene rings is 2. The number of piperidine rings is 1. The molecule has 1 aromatic heterocycles. The van der Waals surface area contributed by atoms with Crippen molar-refractivity contribution in [3.8, 4) is 0 Å². The standard InChI is InChI=1S/C19H17FN4O3S/c20-14-3-1-2-4-16(14)23-9-7-12(8-10-23)18(25)22-19-21-15-6-5-13(24(26)27)11-17(15)28-19/h1-6,11-12H,7-10H2,(H,21,22,25). The van der Waals surface area contributed by atoms with E-state index in [9.17, 15) is 19.3 Å². The Bertz CT molecular complexity index is 1050. The number of carbonyl (C=O) groups is 1. The minimum atomic E-state index is -0.458. The molecule has 144 valence electrons. The Morgan fingerprint density at radius 3 is 2.71 bits per heavy atom. The molecule has 0 spiro atoms. The van der Waals surface area contributed by atoms with Gasteiger partial charge in [-0.2, -0.15) is 0 Å². The molecule has 2 heterocycles. The number of amides is 1. The van der Waals surface area contributed by atoms with Gasteiger partial charge in [-0.05, 0) is 31.0 Å². The third-order valence-corrected chi connectivity index (χ3v) is 5.81. The molecule has 0 saturated carbocycles. The maximum absolute atomic E-state index is 13.9. The molecule has 0 radical (unpaired) electrons. The Balaban J connectivity index is 1.40. The lowest BCUT2D eigenvalue weighted by atomic mass is 9.95. The minimum absolute atomic E-state index is 0.00505. The van der Waals surface area contributed by atoms with Gasteiger partial charge in [0, 0.05) is 31.1 Å². The summed E-state index contributed by atoms with van der Waals surface area (Å²) in [7, 11) is 0. The Morgan fingerprint density at radius 1 is 1.25 bits per heavy atom. The lowest BCUT2D eigenvalue weighted by molar-refractivity contribution is -0.384. The third kappa shape index (κ3) is 3.65. The molecule has 3 aromatic rings. The van der Waals surface area contributed by atoms with E-state index in [2.05, 4.69) is 10.3 Å². The minimum Gasteiger partial charge on any atom is -0.369 e. The SMILES string of the molecule is O=C(Nc1nc2ccc([N+](=O)[O-])cc2s1)C1CCN(c2ccccc2F)CC1. The number of thiazole rings is 1. The molecule has 7 nitrogen and oxygen atoms in total. The molecular weight excluding hydrogens is 383 g/mol. The van der Waals surface area contributed by atoms with E-state index < -0.39 is 4.92 Å². The van der Waals surface area contributed by atoms with Gasteiger partial charge in [0.25, 0.3) is 5.69 Å². The number of rotatable bonds is 4. The number of carbonyl (C=O) groups excluding carboxylic acids is 1. The molecule has 2 aromatic carbocycles. The van der Waals surface area contributed by atoms with Crippen molar-refractivity contribution in [2.45, 2.75) is 12.8 Å². The van der Waals surface area contributed by atoms with E-state index in [0.29, 0.717) is 47.0 Å². The summed E-state index contributed by atoms with van der Waals surface area (Å²) < 4.78 is 14.6. The second-order valence-electron chi connectivity index (χ2n) is 6.63. The first-order chi connectivity index (χ1) is 13.5. The fraction of sp³-hybridized carbons (Fsp3) is 0.263. The van der Waals surface area contributed by atoms with Crippen LogP contribution in [0.4, 0.5) is 20.9 Å². The summed E-state index contributed by atoms with van der Waals surface area (Å²) in [5, 5.41) is 14.1. The van der Waals surface area contributed by atoms with Crippen molar-refractivity contribution in [2.75, 3.05) is 23.3 Å². The zero-order chi connectivity index (χ0) is 19.7. The summed E-state index contributed by atoms with van der Waals surface area (Å²) in [6, 6.07) is 11.1. The second-order valence-corrected chi connectivity index (χ2v) is 7.66. The van der Waals surface area contributed by atoms with Gasteiger partial charge in [-0.25, -0.2) is 9.37 Å². The van der Waals surface area contributed by atoms with Crippen LogP contribution in [0.3, 0.4) is 0 Å². The monoisotopic (exact) mass is 400 g/mol. The molecule has 1 fully saturated rings. The first kappa shape index (κ1) is 18.3. The predicted octanol–water partition coefficient (Wildman–Crippen LogP) is 4.20. The topological polar surface area (TPSA) is 88.4 Å². The van der Waals surface area contributed by atoms with Gasteiger partial charge in [0.05, 0.1) is 20.8 Å². The molecule has 0 atom stereocenters. The van der Waals surface area contributed by atoms with Gasteiger partial charge in [0.2, 0.25) is 5.91 Å². The van der Waals surface area contributed by atoms with Gasteiger partial charge in [-0.15, -0.1) is 0 Å². The molecule has 0 bridgehead atoms. The van der Waals surface area contributed by atoms with Crippen LogP contribution in [0.25, 0.3) is 10.2 Å². The lowest BCUT2D eigenvalue weighted by Gasteiger charge is -2.33. The number of aromatic nitrogens is 1. The average molecular weight is 400 g/mol. The Morgan fingerprint density at radius 2 is 2.00 bits per heavy atom. The Labute approximate surface area is 164 Å². The first-order valence-electron chi connectivity index (χ1n) is 8.86. The highest BCUT2D eigenvalue weighted by Gasteiger charge is 2.26. The highest BCUT2D eigenvalue weighted by Crippen LogP contribution is 2.31.